The van der Waals surface area contributed by atoms with Crippen LogP contribution in [-0.4, -0.2) is 49.0 Å². The Morgan fingerprint density at radius 3 is 2.83 bits per heavy atom. The number of aliphatic hydroxyl groups excluding tert-OH is 1. The third kappa shape index (κ3) is 5.10. The number of fused-ring (bicyclic) bond motifs is 2. The Morgan fingerprint density at radius 1 is 1.14 bits per heavy atom. The minimum Gasteiger partial charge on any atom is -0.486 e. The maximum absolute atomic E-state index is 10.6. The van der Waals surface area contributed by atoms with Gasteiger partial charge < -0.3 is 19.3 Å². The smallest absolute Gasteiger partial charge is 0.161 e. The molecule has 0 amide bonds. The number of likely N-dealkylation sites (N-methyl/N-ethyl adjacent to an activating group) is 1. The Morgan fingerprint density at radius 2 is 1.97 bits per heavy atom. The molecule has 29 heavy (non-hydrogen) atoms. The van der Waals surface area contributed by atoms with Crippen LogP contribution in [0.3, 0.4) is 0 Å². The second-order valence-electron chi connectivity index (χ2n) is 7.87. The van der Waals surface area contributed by atoms with E-state index in [2.05, 4.69) is 42.2 Å². The zero-order chi connectivity index (χ0) is 20.1. The lowest BCUT2D eigenvalue weighted by Crippen LogP contribution is -2.35. The molecule has 2 aromatic carbocycles. The van der Waals surface area contributed by atoms with Gasteiger partial charge in [0.2, 0.25) is 0 Å². The molecule has 0 radical (unpaired) electrons. The zero-order valence-corrected chi connectivity index (χ0v) is 17.2. The van der Waals surface area contributed by atoms with Crippen LogP contribution < -0.4 is 9.47 Å². The number of aryl methyl sites for hydroxylation is 1. The highest BCUT2D eigenvalue weighted by atomic mass is 16.6. The van der Waals surface area contributed by atoms with E-state index in [1.165, 1.54) is 11.1 Å². The second kappa shape index (κ2) is 9.61. The summed E-state index contributed by atoms with van der Waals surface area (Å²) in [5, 5.41) is 10.6. The van der Waals surface area contributed by atoms with Gasteiger partial charge in [-0.1, -0.05) is 37.3 Å². The fourth-order valence-corrected chi connectivity index (χ4v) is 4.21. The molecule has 1 N–H and O–H groups in total. The van der Waals surface area contributed by atoms with Crippen molar-refractivity contribution < 1.29 is 19.3 Å². The molecular formula is C24H31NO4. The molecule has 2 aromatic rings. The first kappa shape index (κ1) is 20.2. The van der Waals surface area contributed by atoms with E-state index in [1.54, 1.807) is 0 Å². The van der Waals surface area contributed by atoms with Crippen molar-refractivity contribution in [2.24, 2.45) is 0 Å². The number of hydrogen-bond acceptors (Lipinski definition) is 5. The van der Waals surface area contributed by atoms with Crippen LogP contribution in [0.15, 0.2) is 42.5 Å². The van der Waals surface area contributed by atoms with E-state index in [-0.39, 0.29) is 6.10 Å². The third-order valence-corrected chi connectivity index (χ3v) is 5.73. The Hall–Kier alpha value is -2.08. The number of rotatable bonds is 8. The summed E-state index contributed by atoms with van der Waals surface area (Å²) in [6, 6.07) is 14.6. The summed E-state index contributed by atoms with van der Waals surface area (Å²) in [7, 11) is 0. The van der Waals surface area contributed by atoms with Crippen molar-refractivity contribution in [3.05, 3.63) is 59.2 Å². The lowest BCUT2D eigenvalue weighted by atomic mass is 9.89. The van der Waals surface area contributed by atoms with E-state index in [9.17, 15) is 5.11 Å². The molecule has 4 rings (SSSR count). The molecular weight excluding hydrogens is 366 g/mol. The normalized spacial score (nSPS) is 19.1. The van der Waals surface area contributed by atoms with Gasteiger partial charge in [-0.05, 0) is 54.6 Å². The van der Waals surface area contributed by atoms with Crippen LogP contribution in [-0.2, 0) is 17.7 Å². The van der Waals surface area contributed by atoms with E-state index in [4.69, 9.17) is 14.2 Å². The molecule has 1 aliphatic heterocycles. The van der Waals surface area contributed by atoms with Gasteiger partial charge in [0.25, 0.3) is 0 Å². The summed E-state index contributed by atoms with van der Waals surface area (Å²) < 4.78 is 17.4. The predicted octanol–water partition coefficient (Wildman–Crippen LogP) is 3.73. The van der Waals surface area contributed by atoms with E-state index in [1.807, 2.05) is 12.1 Å². The van der Waals surface area contributed by atoms with E-state index >= 15 is 0 Å². The van der Waals surface area contributed by atoms with Crippen LogP contribution in [0.5, 0.6) is 11.5 Å². The van der Waals surface area contributed by atoms with Gasteiger partial charge in [0.1, 0.15) is 13.2 Å². The fraction of sp³-hybridized carbons (Fsp3) is 0.500. The molecule has 0 spiro atoms. The molecule has 5 heteroatoms. The summed E-state index contributed by atoms with van der Waals surface area (Å²) in [6.45, 7) is 5.87. The molecule has 5 nitrogen and oxygen atoms in total. The first-order valence-electron chi connectivity index (χ1n) is 10.7. The molecule has 0 bridgehead atoms. The molecule has 0 fully saturated rings. The van der Waals surface area contributed by atoms with Crippen molar-refractivity contribution in [3.8, 4) is 11.5 Å². The van der Waals surface area contributed by atoms with Crippen molar-refractivity contribution in [1.82, 2.24) is 4.90 Å². The van der Waals surface area contributed by atoms with E-state index in [0.717, 1.165) is 49.4 Å². The SMILES string of the molecule is CCN(Cc1ccc2c(c1)OCCO2)C[C@H](O)CO[C@H]1CCCc2ccccc21. The number of hydrogen-bond donors (Lipinski definition) is 1. The van der Waals surface area contributed by atoms with Crippen molar-refractivity contribution in [1.29, 1.82) is 0 Å². The minimum atomic E-state index is -0.513. The highest BCUT2D eigenvalue weighted by molar-refractivity contribution is 5.43. The summed E-state index contributed by atoms with van der Waals surface area (Å²) in [4.78, 5) is 2.23. The third-order valence-electron chi connectivity index (χ3n) is 5.73. The van der Waals surface area contributed by atoms with Crippen LogP contribution in [0.2, 0.25) is 0 Å². The van der Waals surface area contributed by atoms with Gasteiger partial charge >= 0.3 is 0 Å². The zero-order valence-electron chi connectivity index (χ0n) is 17.2. The van der Waals surface area contributed by atoms with Crippen molar-refractivity contribution in [3.63, 3.8) is 0 Å². The Kier molecular flexibility index (Phi) is 6.70. The molecule has 2 atom stereocenters. The van der Waals surface area contributed by atoms with E-state index in [0.29, 0.717) is 26.4 Å². The van der Waals surface area contributed by atoms with Crippen LogP contribution >= 0.6 is 0 Å². The van der Waals surface area contributed by atoms with Crippen molar-refractivity contribution >= 4 is 0 Å². The average Bonchev–Trinajstić information content (AvgIpc) is 2.77. The van der Waals surface area contributed by atoms with Crippen LogP contribution in [0, 0.1) is 0 Å². The number of ether oxygens (including phenoxy) is 3. The highest BCUT2D eigenvalue weighted by Crippen LogP contribution is 2.33. The lowest BCUT2D eigenvalue weighted by molar-refractivity contribution is -0.0284. The highest BCUT2D eigenvalue weighted by Gasteiger charge is 2.22. The number of benzene rings is 2. The Bertz CT molecular complexity index is 809. The van der Waals surface area contributed by atoms with Gasteiger partial charge in [0, 0.05) is 13.1 Å². The van der Waals surface area contributed by atoms with Gasteiger partial charge in [-0.3, -0.25) is 4.90 Å². The first-order chi connectivity index (χ1) is 14.2. The topological polar surface area (TPSA) is 51.2 Å². The van der Waals surface area contributed by atoms with Gasteiger partial charge in [0.05, 0.1) is 18.8 Å². The number of nitrogens with zero attached hydrogens (tertiary/aromatic N) is 1. The molecule has 2 aliphatic rings. The molecule has 1 aliphatic carbocycles. The summed E-state index contributed by atoms with van der Waals surface area (Å²) in [5.74, 6) is 1.62. The summed E-state index contributed by atoms with van der Waals surface area (Å²) >= 11 is 0. The van der Waals surface area contributed by atoms with Gasteiger partial charge in [0.15, 0.2) is 11.5 Å². The fourth-order valence-electron chi connectivity index (χ4n) is 4.21. The Balaban J connectivity index is 1.30. The molecule has 0 saturated heterocycles. The van der Waals surface area contributed by atoms with Gasteiger partial charge in [-0.25, -0.2) is 0 Å². The van der Waals surface area contributed by atoms with Crippen molar-refractivity contribution in [2.75, 3.05) is 32.9 Å². The largest absolute Gasteiger partial charge is 0.486 e. The number of aliphatic hydroxyl groups is 1. The van der Waals surface area contributed by atoms with Crippen LogP contribution in [0.1, 0.15) is 42.6 Å². The predicted molar refractivity (Wildman–Crippen MR) is 112 cm³/mol. The monoisotopic (exact) mass is 397 g/mol. The molecule has 0 unspecified atom stereocenters. The lowest BCUT2D eigenvalue weighted by Gasteiger charge is -2.28. The Labute approximate surface area is 173 Å². The second-order valence-corrected chi connectivity index (χ2v) is 7.87. The molecule has 0 aromatic heterocycles. The standard InChI is InChI=1S/C24H31NO4/c1-2-25(15-18-10-11-23-24(14-18)28-13-12-27-23)16-20(26)17-29-22-9-5-7-19-6-3-4-8-21(19)22/h3-4,6,8,10-11,14,20,22,26H,2,5,7,9,12-13,15-17H2,1H3/t20-,22-/m0/s1. The maximum atomic E-state index is 10.6. The van der Waals surface area contributed by atoms with Gasteiger partial charge in [-0.15, -0.1) is 0 Å². The van der Waals surface area contributed by atoms with Crippen LogP contribution in [0.4, 0.5) is 0 Å². The van der Waals surface area contributed by atoms with E-state index < -0.39 is 6.10 Å². The summed E-state index contributed by atoms with van der Waals surface area (Å²) in [6.07, 6.45) is 2.88. The maximum Gasteiger partial charge on any atom is 0.161 e. The van der Waals surface area contributed by atoms with Crippen LogP contribution in [0.25, 0.3) is 0 Å². The van der Waals surface area contributed by atoms with Crippen molar-refractivity contribution in [2.45, 2.75) is 44.9 Å². The molecule has 1 heterocycles. The average molecular weight is 398 g/mol. The first-order valence-corrected chi connectivity index (χ1v) is 10.7. The summed E-state index contributed by atoms with van der Waals surface area (Å²) in [5.41, 5.74) is 3.83. The quantitative estimate of drug-likeness (QED) is 0.736. The minimum absolute atomic E-state index is 0.0995. The molecule has 0 saturated carbocycles. The van der Waals surface area contributed by atoms with Gasteiger partial charge in [-0.2, -0.15) is 0 Å². The molecule has 156 valence electrons.